The zero-order valence-electron chi connectivity index (χ0n) is 16.1. The van der Waals surface area contributed by atoms with Crippen molar-refractivity contribution in [1.82, 2.24) is 9.88 Å². The highest BCUT2D eigenvalue weighted by molar-refractivity contribution is 6.23. The van der Waals surface area contributed by atoms with Gasteiger partial charge in [0.15, 0.2) is 5.54 Å². The first-order chi connectivity index (χ1) is 14.0. The average molecular weight is 389 g/mol. The number of carbonyl (C=O) groups excluding carboxylic acids is 3. The molecule has 0 spiro atoms. The van der Waals surface area contributed by atoms with Crippen LogP contribution in [-0.2, 0) is 21.5 Å². The van der Waals surface area contributed by atoms with Gasteiger partial charge in [-0.15, -0.1) is 0 Å². The summed E-state index contributed by atoms with van der Waals surface area (Å²) in [6, 6.07) is 13.9. The minimum Gasteiger partial charge on any atom is -0.465 e. The standard InChI is InChI=1S/C22H19N3O4/c1-22-18-16(15-8-3-4-9-17(15)23-18)10-11-24(22)21(28)25(20(22)27)14-7-5-6-13(12-14)19(26)29-2/h3-9,12,23H,10-11H2,1-2H3/t22-/m1/s1. The van der Waals surface area contributed by atoms with Crippen LogP contribution in [0.15, 0.2) is 48.5 Å². The van der Waals surface area contributed by atoms with Gasteiger partial charge in [-0.3, -0.25) is 4.79 Å². The largest absolute Gasteiger partial charge is 0.465 e. The summed E-state index contributed by atoms with van der Waals surface area (Å²) in [4.78, 5) is 44.9. The molecule has 2 aliphatic rings. The number of hydrogen-bond acceptors (Lipinski definition) is 4. The molecule has 3 amide bonds. The Balaban J connectivity index is 1.64. The van der Waals surface area contributed by atoms with E-state index in [-0.39, 0.29) is 17.5 Å². The lowest BCUT2D eigenvalue weighted by atomic mass is 9.87. The third-order valence-corrected chi connectivity index (χ3v) is 5.99. The number of esters is 1. The highest BCUT2D eigenvalue weighted by Gasteiger charge is 2.59. The fourth-order valence-corrected chi connectivity index (χ4v) is 4.51. The SMILES string of the molecule is COC(=O)c1cccc(N2C(=O)N3CCc4c([nH]c5ccccc45)[C@]3(C)C2=O)c1. The summed E-state index contributed by atoms with van der Waals surface area (Å²) in [5.41, 5.74) is 2.31. The van der Waals surface area contributed by atoms with Gasteiger partial charge in [-0.1, -0.05) is 24.3 Å². The molecule has 1 aromatic heterocycles. The Morgan fingerprint density at radius 2 is 1.93 bits per heavy atom. The highest BCUT2D eigenvalue weighted by Crippen LogP contribution is 2.45. The molecule has 0 radical (unpaired) electrons. The van der Waals surface area contributed by atoms with Crippen molar-refractivity contribution < 1.29 is 19.1 Å². The molecule has 3 aromatic rings. The Hall–Kier alpha value is -3.61. The number of benzene rings is 2. The second-order valence-electron chi connectivity index (χ2n) is 7.46. The van der Waals surface area contributed by atoms with Crippen LogP contribution in [0.1, 0.15) is 28.5 Å². The first kappa shape index (κ1) is 17.5. The number of nitrogens with one attached hydrogen (secondary N) is 1. The summed E-state index contributed by atoms with van der Waals surface area (Å²) in [6.07, 6.45) is 0.671. The van der Waals surface area contributed by atoms with Gasteiger partial charge < -0.3 is 14.6 Å². The molecule has 2 aliphatic heterocycles. The number of para-hydroxylation sites is 1. The van der Waals surface area contributed by atoms with Crippen molar-refractivity contribution in [3.8, 4) is 0 Å². The Kier molecular flexibility index (Phi) is 3.58. The molecule has 1 atom stereocenters. The Morgan fingerprint density at radius 1 is 1.14 bits per heavy atom. The lowest BCUT2D eigenvalue weighted by molar-refractivity contribution is -0.125. The zero-order valence-corrected chi connectivity index (χ0v) is 16.1. The maximum atomic E-state index is 13.6. The second-order valence-corrected chi connectivity index (χ2v) is 7.46. The maximum Gasteiger partial charge on any atom is 0.337 e. The van der Waals surface area contributed by atoms with Crippen molar-refractivity contribution in [1.29, 1.82) is 0 Å². The summed E-state index contributed by atoms with van der Waals surface area (Å²) >= 11 is 0. The number of carbonyl (C=O) groups is 3. The summed E-state index contributed by atoms with van der Waals surface area (Å²) in [6.45, 7) is 2.23. The summed E-state index contributed by atoms with van der Waals surface area (Å²) < 4.78 is 4.76. The van der Waals surface area contributed by atoms with Crippen molar-refractivity contribution in [3.63, 3.8) is 0 Å². The predicted molar refractivity (Wildman–Crippen MR) is 107 cm³/mol. The molecule has 146 valence electrons. The quantitative estimate of drug-likeness (QED) is 0.539. The number of fused-ring (bicyclic) bond motifs is 5. The molecule has 0 bridgehead atoms. The van der Waals surface area contributed by atoms with E-state index in [9.17, 15) is 14.4 Å². The summed E-state index contributed by atoms with van der Waals surface area (Å²) in [5.74, 6) is -0.857. The van der Waals surface area contributed by atoms with Gasteiger partial charge in [-0.25, -0.2) is 14.5 Å². The summed E-state index contributed by atoms with van der Waals surface area (Å²) in [7, 11) is 1.29. The molecule has 7 nitrogen and oxygen atoms in total. The third kappa shape index (κ3) is 2.21. The van der Waals surface area contributed by atoms with Crippen molar-refractivity contribution >= 4 is 34.5 Å². The number of urea groups is 1. The second kappa shape index (κ2) is 5.94. The molecular weight excluding hydrogens is 370 g/mol. The van der Waals surface area contributed by atoms with Crippen LogP contribution < -0.4 is 4.90 Å². The molecule has 7 heteroatoms. The zero-order chi connectivity index (χ0) is 20.3. The topological polar surface area (TPSA) is 82.7 Å². The van der Waals surface area contributed by atoms with Gasteiger partial charge in [-0.2, -0.15) is 0 Å². The number of nitrogens with zero attached hydrogens (tertiary/aromatic N) is 2. The molecule has 0 aliphatic carbocycles. The lowest BCUT2D eigenvalue weighted by Gasteiger charge is -2.35. The Bertz CT molecular complexity index is 1200. The van der Waals surface area contributed by atoms with Gasteiger partial charge >= 0.3 is 12.0 Å². The van der Waals surface area contributed by atoms with E-state index in [0.717, 1.165) is 27.1 Å². The van der Waals surface area contributed by atoms with Gasteiger partial charge in [0.2, 0.25) is 0 Å². The minimum atomic E-state index is -1.12. The van der Waals surface area contributed by atoms with E-state index in [1.54, 1.807) is 30.0 Å². The minimum absolute atomic E-state index is 0.284. The van der Waals surface area contributed by atoms with E-state index in [4.69, 9.17) is 4.74 Å². The Labute approximate surface area is 166 Å². The van der Waals surface area contributed by atoms with Gasteiger partial charge in [-0.05, 0) is 43.2 Å². The lowest BCUT2D eigenvalue weighted by Crippen LogP contribution is -2.49. The van der Waals surface area contributed by atoms with E-state index in [1.165, 1.54) is 13.2 Å². The van der Waals surface area contributed by atoms with Crippen LogP contribution in [0.5, 0.6) is 0 Å². The monoisotopic (exact) mass is 389 g/mol. The third-order valence-electron chi connectivity index (χ3n) is 5.99. The molecule has 0 saturated carbocycles. The highest BCUT2D eigenvalue weighted by atomic mass is 16.5. The van der Waals surface area contributed by atoms with Crippen LogP contribution in [0.3, 0.4) is 0 Å². The predicted octanol–water partition coefficient (Wildman–Crippen LogP) is 3.19. The number of methoxy groups -OCH3 is 1. The number of aromatic amines is 1. The molecule has 1 saturated heterocycles. The van der Waals surface area contributed by atoms with Crippen LogP contribution in [0.4, 0.5) is 10.5 Å². The smallest absolute Gasteiger partial charge is 0.337 e. The van der Waals surface area contributed by atoms with Gasteiger partial charge in [0.05, 0.1) is 24.1 Å². The van der Waals surface area contributed by atoms with Gasteiger partial charge in [0.1, 0.15) is 0 Å². The average Bonchev–Trinajstić information content (AvgIpc) is 3.22. The van der Waals surface area contributed by atoms with Crippen molar-refractivity contribution in [2.24, 2.45) is 0 Å². The number of amides is 3. The number of anilines is 1. The van der Waals surface area contributed by atoms with Gasteiger partial charge in [0.25, 0.3) is 5.91 Å². The molecule has 29 heavy (non-hydrogen) atoms. The van der Waals surface area contributed by atoms with Crippen LogP contribution in [-0.4, -0.2) is 41.4 Å². The number of imide groups is 1. The van der Waals surface area contributed by atoms with E-state index in [1.807, 2.05) is 24.3 Å². The maximum absolute atomic E-state index is 13.6. The molecule has 5 rings (SSSR count). The van der Waals surface area contributed by atoms with Crippen molar-refractivity contribution in [2.75, 3.05) is 18.6 Å². The normalized spacial score (nSPS) is 20.8. The molecule has 2 aromatic carbocycles. The summed E-state index contributed by atoms with van der Waals surface area (Å²) in [5, 5.41) is 1.08. The van der Waals surface area contributed by atoms with Gasteiger partial charge in [0, 0.05) is 17.4 Å². The van der Waals surface area contributed by atoms with Crippen LogP contribution in [0.2, 0.25) is 0 Å². The number of rotatable bonds is 2. The number of ether oxygens (including phenoxy) is 1. The molecule has 1 N–H and O–H groups in total. The van der Waals surface area contributed by atoms with Crippen molar-refractivity contribution in [3.05, 3.63) is 65.4 Å². The first-order valence-electron chi connectivity index (χ1n) is 9.41. The fourth-order valence-electron chi connectivity index (χ4n) is 4.51. The van der Waals surface area contributed by atoms with Crippen LogP contribution >= 0.6 is 0 Å². The van der Waals surface area contributed by atoms with Crippen LogP contribution in [0.25, 0.3) is 10.9 Å². The van der Waals surface area contributed by atoms with E-state index >= 15 is 0 Å². The number of H-pyrrole nitrogens is 1. The van der Waals surface area contributed by atoms with E-state index in [2.05, 4.69) is 4.98 Å². The first-order valence-corrected chi connectivity index (χ1v) is 9.41. The molecule has 3 heterocycles. The molecule has 0 unspecified atom stereocenters. The van der Waals surface area contributed by atoms with E-state index < -0.39 is 11.5 Å². The van der Waals surface area contributed by atoms with E-state index in [0.29, 0.717) is 18.7 Å². The molecular formula is C22H19N3O4. The van der Waals surface area contributed by atoms with Crippen LogP contribution in [0, 0.1) is 0 Å². The molecule has 1 fully saturated rings. The van der Waals surface area contributed by atoms with Crippen molar-refractivity contribution in [2.45, 2.75) is 18.9 Å². The number of aromatic nitrogens is 1. The fraction of sp³-hybridized carbons (Fsp3) is 0.227. The Morgan fingerprint density at radius 3 is 2.72 bits per heavy atom. The number of hydrogen-bond donors (Lipinski definition) is 1.